The maximum absolute atomic E-state index is 13.3. The Balaban J connectivity index is 1.96. The third-order valence-electron chi connectivity index (χ3n) is 5.38. The summed E-state index contributed by atoms with van der Waals surface area (Å²) in [6, 6.07) is 11.3. The molecular formula is C24H27N3O3S. The number of rotatable bonds is 4. The van der Waals surface area contributed by atoms with Gasteiger partial charge in [0.25, 0.3) is 5.56 Å². The highest BCUT2D eigenvalue weighted by Crippen LogP contribution is 2.30. The number of aryl methyl sites for hydroxylation is 1. The molecule has 2 aromatic heterocycles. The molecule has 0 aliphatic heterocycles. The normalized spacial score (nSPS) is 14.3. The number of fused-ring (bicyclic) bond motifs is 2. The molecule has 0 spiro atoms. The molecule has 31 heavy (non-hydrogen) atoms. The predicted octanol–water partition coefficient (Wildman–Crippen LogP) is 4.77. The lowest BCUT2D eigenvalue weighted by Gasteiger charge is -2.23. The van der Waals surface area contributed by atoms with Crippen LogP contribution >= 0.6 is 0 Å². The van der Waals surface area contributed by atoms with Crippen molar-refractivity contribution >= 4 is 32.9 Å². The van der Waals surface area contributed by atoms with Gasteiger partial charge in [0, 0.05) is 18.5 Å². The lowest BCUT2D eigenvalue weighted by molar-refractivity contribution is 0.616. The van der Waals surface area contributed by atoms with E-state index in [9.17, 15) is 9.00 Å². The van der Waals surface area contributed by atoms with Crippen LogP contribution in [0.4, 0.5) is 0 Å². The number of para-hydroxylation sites is 1. The molecule has 0 fully saturated rings. The molecule has 2 atom stereocenters. The number of benzene rings is 2. The van der Waals surface area contributed by atoms with Crippen LogP contribution in [0.5, 0.6) is 0 Å². The summed E-state index contributed by atoms with van der Waals surface area (Å²) < 4.78 is 22.7. The average Bonchev–Trinajstić information content (AvgIpc) is 3.18. The van der Waals surface area contributed by atoms with Crippen LogP contribution in [0.25, 0.3) is 33.3 Å². The highest BCUT2D eigenvalue weighted by molar-refractivity contribution is 7.84. The fourth-order valence-electron chi connectivity index (χ4n) is 3.69. The van der Waals surface area contributed by atoms with E-state index in [-0.39, 0.29) is 11.6 Å². The molecule has 0 amide bonds. The highest BCUT2D eigenvalue weighted by Gasteiger charge is 2.24. The van der Waals surface area contributed by atoms with Gasteiger partial charge in [0.2, 0.25) is 0 Å². The lowest BCUT2D eigenvalue weighted by atomic mass is 10.0. The molecule has 0 aliphatic rings. The topological polar surface area (TPSA) is 77.1 Å². The van der Waals surface area contributed by atoms with Crippen LogP contribution < -0.4 is 10.3 Å². The number of aromatic nitrogens is 2. The fraction of sp³-hybridized carbons (Fsp3) is 0.333. The SMILES string of the molecule is Cc1cc([C@@H](C)NS(=O)C(C)(C)C)c2nc(-c3cccc4ccoc34)n(C)c(=O)c2c1. The van der Waals surface area contributed by atoms with Crippen LogP contribution in [0.15, 0.2) is 51.9 Å². The third-order valence-corrected chi connectivity index (χ3v) is 7.06. The molecule has 2 heterocycles. The van der Waals surface area contributed by atoms with Crippen molar-refractivity contribution < 1.29 is 8.63 Å². The second-order valence-corrected chi connectivity index (χ2v) is 10.9. The van der Waals surface area contributed by atoms with E-state index in [1.54, 1.807) is 17.9 Å². The molecule has 6 nitrogen and oxygen atoms in total. The largest absolute Gasteiger partial charge is 0.464 e. The van der Waals surface area contributed by atoms with E-state index >= 15 is 0 Å². The number of nitrogens with one attached hydrogen (secondary N) is 1. The number of nitrogens with zero attached hydrogens (tertiary/aromatic N) is 2. The Bertz CT molecular complexity index is 1380. The quantitative estimate of drug-likeness (QED) is 0.499. The van der Waals surface area contributed by atoms with Gasteiger partial charge in [-0.15, -0.1) is 0 Å². The zero-order valence-electron chi connectivity index (χ0n) is 18.6. The van der Waals surface area contributed by atoms with E-state index in [0.717, 1.165) is 22.1 Å². The zero-order chi connectivity index (χ0) is 22.5. The van der Waals surface area contributed by atoms with Crippen LogP contribution in [0, 0.1) is 6.92 Å². The zero-order valence-corrected chi connectivity index (χ0v) is 19.5. The van der Waals surface area contributed by atoms with Gasteiger partial charge < -0.3 is 4.42 Å². The van der Waals surface area contributed by atoms with Crippen LogP contribution in [-0.2, 0) is 18.0 Å². The molecule has 2 aromatic carbocycles. The summed E-state index contributed by atoms with van der Waals surface area (Å²) in [5, 5.41) is 1.50. The minimum Gasteiger partial charge on any atom is -0.464 e. The van der Waals surface area contributed by atoms with E-state index in [1.165, 1.54) is 0 Å². The maximum Gasteiger partial charge on any atom is 0.261 e. The molecule has 4 rings (SSSR count). The Kier molecular flexibility index (Phi) is 5.35. The van der Waals surface area contributed by atoms with E-state index in [1.807, 2.05) is 71.0 Å². The molecule has 7 heteroatoms. The highest BCUT2D eigenvalue weighted by atomic mass is 32.2. The smallest absolute Gasteiger partial charge is 0.261 e. The van der Waals surface area contributed by atoms with E-state index in [4.69, 9.17) is 9.40 Å². The van der Waals surface area contributed by atoms with Crippen LogP contribution in [-0.4, -0.2) is 18.5 Å². The first kappa shape index (κ1) is 21.5. The summed E-state index contributed by atoms with van der Waals surface area (Å²) in [5.74, 6) is 0.535. The first-order valence-corrected chi connectivity index (χ1v) is 11.4. The predicted molar refractivity (Wildman–Crippen MR) is 126 cm³/mol. The minimum atomic E-state index is -1.26. The molecule has 0 saturated heterocycles. The van der Waals surface area contributed by atoms with Crippen molar-refractivity contribution in [3.05, 3.63) is 64.1 Å². The summed E-state index contributed by atoms with van der Waals surface area (Å²) in [6.07, 6.45) is 1.63. The van der Waals surface area contributed by atoms with Gasteiger partial charge in [-0.25, -0.2) is 13.9 Å². The monoisotopic (exact) mass is 437 g/mol. The summed E-state index contributed by atoms with van der Waals surface area (Å²) >= 11 is 0. The molecule has 1 unspecified atom stereocenters. The van der Waals surface area contributed by atoms with Crippen molar-refractivity contribution in [2.45, 2.75) is 45.4 Å². The molecule has 0 radical (unpaired) electrons. The van der Waals surface area contributed by atoms with Gasteiger partial charge in [-0.3, -0.25) is 9.36 Å². The van der Waals surface area contributed by atoms with Gasteiger partial charge in [0.1, 0.15) is 11.4 Å². The van der Waals surface area contributed by atoms with Crippen molar-refractivity contribution in [3.8, 4) is 11.4 Å². The van der Waals surface area contributed by atoms with Crippen molar-refractivity contribution in [2.75, 3.05) is 0 Å². The fourth-order valence-corrected chi connectivity index (χ4v) is 4.49. The molecule has 162 valence electrons. The second kappa shape index (κ2) is 7.73. The third kappa shape index (κ3) is 3.83. The Labute approximate surface area is 183 Å². The molecular weight excluding hydrogens is 410 g/mol. The van der Waals surface area contributed by atoms with Gasteiger partial charge in [0.05, 0.1) is 38.5 Å². The summed E-state index contributed by atoms with van der Waals surface area (Å²) in [6.45, 7) is 9.67. The molecule has 0 aliphatic carbocycles. The summed E-state index contributed by atoms with van der Waals surface area (Å²) in [7, 11) is 0.469. The van der Waals surface area contributed by atoms with E-state index in [2.05, 4.69) is 4.72 Å². The first-order valence-electron chi connectivity index (χ1n) is 10.2. The van der Waals surface area contributed by atoms with Gasteiger partial charge in [-0.05, 0) is 63.9 Å². The van der Waals surface area contributed by atoms with Gasteiger partial charge in [-0.2, -0.15) is 0 Å². The van der Waals surface area contributed by atoms with Crippen molar-refractivity contribution in [1.29, 1.82) is 0 Å². The van der Waals surface area contributed by atoms with Gasteiger partial charge in [-0.1, -0.05) is 18.2 Å². The van der Waals surface area contributed by atoms with Crippen molar-refractivity contribution in [3.63, 3.8) is 0 Å². The molecule has 4 aromatic rings. The maximum atomic E-state index is 13.3. The molecule has 0 bridgehead atoms. The van der Waals surface area contributed by atoms with Crippen molar-refractivity contribution in [1.82, 2.24) is 14.3 Å². The Morgan fingerprint density at radius 3 is 2.65 bits per heavy atom. The number of hydrogen-bond acceptors (Lipinski definition) is 4. The van der Waals surface area contributed by atoms with Gasteiger partial charge in [0.15, 0.2) is 0 Å². The lowest BCUT2D eigenvalue weighted by Crippen LogP contribution is -2.35. The van der Waals surface area contributed by atoms with Gasteiger partial charge >= 0.3 is 0 Å². The number of furan rings is 1. The van der Waals surface area contributed by atoms with Crippen molar-refractivity contribution in [2.24, 2.45) is 7.05 Å². The summed E-state index contributed by atoms with van der Waals surface area (Å²) in [5.41, 5.74) is 3.74. The molecule has 0 saturated carbocycles. The Hall–Kier alpha value is -2.77. The minimum absolute atomic E-state index is 0.127. The van der Waals surface area contributed by atoms with E-state index < -0.39 is 15.7 Å². The van der Waals surface area contributed by atoms with Crippen LogP contribution in [0.3, 0.4) is 0 Å². The average molecular weight is 438 g/mol. The second-order valence-electron chi connectivity index (χ2n) is 8.92. The summed E-state index contributed by atoms with van der Waals surface area (Å²) in [4.78, 5) is 18.2. The number of hydrogen-bond donors (Lipinski definition) is 1. The molecule has 1 N–H and O–H groups in total. The Morgan fingerprint density at radius 2 is 1.94 bits per heavy atom. The van der Waals surface area contributed by atoms with Crippen LogP contribution in [0.2, 0.25) is 0 Å². The van der Waals surface area contributed by atoms with E-state index in [0.29, 0.717) is 22.3 Å². The van der Waals surface area contributed by atoms with Crippen LogP contribution in [0.1, 0.15) is 44.9 Å². The Morgan fingerprint density at radius 1 is 1.19 bits per heavy atom. The first-order chi connectivity index (χ1) is 14.6. The standard InChI is InChI=1S/C24H27N3O3S/c1-14-12-18(15(2)26-31(29)24(3,4)5)20-19(13-14)23(28)27(6)22(25-20)17-9-7-8-16-10-11-30-21(16)17/h7-13,15,26H,1-6H3/t15-,31?/m1/s1.